The Labute approximate surface area is 837 Å². The van der Waals surface area contributed by atoms with Crippen molar-refractivity contribution in [2.24, 2.45) is 5.92 Å². The first-order valence-electron chi connectivity index (χ1n) is 47.6. The zero-order valence-electron chi connectivity index (χ0n) is 79.3. The third-order valence-electron chi connectivity index (χ3n) is 26.9. The highest BCUT2D eigenvalue weighted by atomic mass is 127. The second kappa shape index (κ2) is 47.8. The molecule has 1 N–H and O–H groups in total. The summed E-state index contributed by atoms with van der Waals surface area (Å²) in [6.07, 6.45) is 11.8. The minimum absolute atomic E-state index is 0.154. The maximum atomic E-state index is 13.2. The van der Waals surface area contributed by atoms with Crippen LogP contribution in [0.4, 0.5) is 22.2 Å². The number of hydrogen-bond donors (Lipinski definition) is 1. The van der Waals surface area contributed by atoms with Gasteiger partial charge in [0, 0.05) is 150 Å². The largest absolute Gasteiger partial charge is 0.478 e. The number of carbonyl (C=O) groups excluding carboxylic acids is 2. The van der Waals surface area contributed by atoms with Crippen LogP contribution in [0.5, 0.6) is 18.0 Å². The molecule has 3 aromatic heterocycles. The van der Waals surface area contributed by atoms with Crippen molar-refractivity contribution >= 4 is 130 Å². The molecule has 138 heavy (non-hydrogen) atoms. The van der Waals surface area contributed by atoms with E-state index in [9.17, 15) is 14.4 Å². The van der Waals surface area contributed by atoms with Gasteiger partial charge in [-0.1, -0.05) is 189 Å². The Morgan fingerprint density at radius 3 is 1.17 bits per heavy atom. The van der Waals surface area contributed by atoms with Gasteiger partial charge in [0.2, 0.25) is 25.5 Å². The Bertz CT molecular complexity index is 6110. The first-order chi connectivity index (χ1) is 66.8. The molecule has 0 spiro atoms. The number of nitrogens with zero attached hydrogens (tertiary/aromatic N) is 17. The Morgan fingerprint density at radius 2 is 0.819 bits per heavy atom. The van der Waals surface area contributed by atoms with E-state index in [1.807, 2.05) is 78.9 Å². The smallest absolute Gasteiger partial charge is 0.410 e. The lowest BCUT2D eigenvalue weighted by Gasteiger charge is -2.40. The molecule has 0 saturated carbocycles. The molecule has 0 unspecified atom stereocenters. The monoisotopic (exact) mass is 2060 g/mol. The van der Waals surface area contributed by atoms with Crippen LogP contribution in [0, 0.1) is 25.6 Å². The van der Waals surface area contributed by atoms with Gasteiger partial charge in [-0.05, 0) is 155 Å². The van der Waals surface area contributed by atoms with Gasteiger partial charge in [0.1, 0.15) is 61.5 Å². The minimum Gasteiger partial charge on any atom is -0.478 e. The molecule has 0 bridgehead atoms. The lowest BCUT2D eigenvalue weighted by atomic mass is 9.94. The summed E-state index contributed by atoms with van der Waals surface area (Å²) in [5.74, 6) is 1.62. The van der Waals surface area contributed by atoms with E-state index < -0.39 is 17.6 Å². The molecule has 10 aromatic rings. The molecular weight excluding hydrogens is 1940 g/mol. The minimum atomic E-state index is -0.981. The van der Waals surface area contributed by atoms with Crippen LogP contribution in [0.25, 0.3) is 46.9 Å². The van der Waals surface area contributed by atoms with Gasteiger partial charge in [-0.25, -0.2) is 29.3 Å². The molecule has 724 valence electrons. The quantitative estimate of drug-likeness (QED) is 0.0218. The number of piperidine rings is 1. The first-order valence-corrected chi connectivity index (χ1v) is 55.3. The molecule has 2 amide bonds. The zero-order chi connectivity index (χ0) is 97.1. The number of likely N-dealkylation sites (N-methyl/N-ethyl adjacent to an activating group) is 3. The highest BCUT2D eigenvalue weighted by Crippen LogP contribution is 2.45. The van der Waals surface area contributed by atoms with Gasteiger partial charge in [-0.3, -0.25) is 9.69 Å². The number of rotatable bonds is 22. The normalized spacial score (nSPS) is 21.4. The van der Waals surface area contributed by atoms with Crippen molar-refractivity contribution in [2.75, 3.05) is 147 Å². The molecule has 28 nitrogen and oxygen atoms in total. The molecule has 12 heterocycles. The molecule has 0 aliphatic carbocycles. The maximum Gasteiger partial charge on any atom is 0.410 e. The highest BCUT2D eigenvalue weighted by Gasteiger charge is 2.41. The van der Waals surface area contributed by atoms with Crippen molar-refractivity contribution in [1.82, 2.24) is 54.4 Å². The molecule has 33 heteroatoms. The molecule has 6 saturated heterocycles. The van der Waals surface area contributed by atoms with E-state index in [1.54, 1.807) is 9.80 Å². The van der Waals surface area contributed by atoms with Gasteiger partial charge >= 0.3 is 30.1 Å². The summed E-state index contributed by atoms with van der Waals surface area (Å²) in [7, 11) is 6.40. The number of amides is 2. The van der Waals surface area contributed by atoms with E-state index in [0.29, 0.717) is 157 Å². The van der Waals surface area contributed by atoms with Crippen molar-refractivity contribution in [3.8, 4) is 18.0 Å². The second-order valence-corrected chi connectivity index (χ2v) is 52.4. The van der Waals surface area contributed by atoms with Gasteiger partial charge in [0.25, 0.3) is 0 Å². The van der Waals surface area contributed by atoms with E-state index in [2.05, 4.69) is 180 Å². The van der Waals surface area contributed by atoms with Gasteiger partial charge in [0.15, 0.2) is 0 Å². The van der Waals surface area contributed by atoms with Crippen LogP contribution in [0.15, 0.2) is 165 Å². The van der Waals surface area contributed by atoms with Crippen LogP contribution in [-0.2, 0) is 74.2 Å². The van der Waals surface area contributed by atoms with Crippen LogP contribution in [0.1, 0.15) is 126 Å². The lowest BCUT2D eigenvalue weighted by molar-refractivity contribution is -0.131. The van der Waals surface area contributed by atoms with Crippen molar-refractivity contribution in [3.05, 3.63) is 270 Å². The van der Waals surface area contributed by atoms with Crippen molar-refractivity contribution in [2.45, 2.75) is 165 Å². The lowest BCUT2D eigenvalue weighted by Crippen LogP contribution is -2.57. The highest BCUT2D eigenvalue weighted by molar-refractivity contribution is 14.1. The predicted octanol–water partition coefficient (Wildman–Crippen LogP) is 19.2. The summed E-state index contributed by atoms with van der Waals surface area (Å²) >= 11 is 22.5. The van der Waals surface area contributed by atoms with Gasteiger partial charge < -0.3 is 87.1 Å². The summed E-state index contributed by atoms with van der Waals surface area (Å²) in [5, 5.41) is 16.0. The van der Waals surface area contributed by atoms with Crippen molar-refractivity contribution in [3.63, 3.8) is 0 Å². The maximum absolute atomic E-state index is 13.2. The number of aromatic nitrogens is 6. The average molecular weight is 2060 g/mol. The number of likely N-dealkylation sites (tertiary alicyclic amines) is 3. The number of piperazine rings is 2. The fourth-order valence-electron chi connectivity index (χ4n) is 19.7. The third kappa shape index (κ3) is 25.5. The van der Waals surface area contributed by atoms with E-state index in [4.69, 9.17) is 123 Å². The Balaban J connectivity index is 0.000000150. The molecule has 7 aromatic carbocycles. The molecule has 6 fully saturated rings. The van der Waals surface area contributed by atoms with Gasteiger partial charge in [0.05, 0.1) is 55.2 Å². The zero-order valence-corrected chi connectivity index (χ0v) is 84.7. The first kappa shape index (κ1) is 102. The summed E-state index contributed by atoms with van der Waals surface area (Å²) in [4.78, 5) is 92.6. The summed E-state index contributed by atoms with van der Waals surface area (Å²) in [6, 6.07) is 47.6. The van der Waals surface area contributed by atoms with Crippen LogP contribution in [-0.4, -0.2) is 246 Å². The summed E-state index contributed by atoms with van der Waals surface area (Å²) in [6.45, 7) is 47.7. The van der Waals surface area contributed by atoms with Crippen molar-refractivity contribution < 1.29 is 52.6 Å². The van der Waals surface area contributed by atoms with Crippen LogP contribution >= 0.6 is 56.6 Å². The average Bonchev–Trinajstić information content (AvgIpc) is 0.843. The standard InChI is InChI=1S/C37H39ClN6O4.C32H35ClN6O3.C30H34ClN5O2.C3H9ISi.C3H4O2/c1-39-20-28-21-43(17-18-44(28)37(45)48-22-25-9-4-3-5-10-25)35-30-24-46-33(29-14-6-11-26-12-7-15-31(38)34(26)29)19-32(30)40-36(41-35)47-23-27-13-8-16-42(27)2;1-4-29(40)39-15-14-38(18-23(39)17-34-2)31-25-20-41-28(24-11-5-8-21-9-6-12-26(33)30(21)24)16-27(25)35-32(36-31)42-19-22-10-7-13-37(22)3;1-32-16-20-7-5-14-36(17-20)29-24-19-37-27(23-11-3-8-21-9-4-12-25(31)28(21)23)15-26(24)33-30(34-29)38-18-22-10-6-13-35(22)2;1-5(2,3)4;1-2-3(4)5/h3-7,9-12,14-15,27-28,33H,8,13,16-24H2,2H3;4-6,8-9,11-12,22-23,28H,1,7,10,13-20H2,3H3;3-4,8-9,11-12,20,22,27H,5-7,10,13-19H2,2H3;1-3H3;2H,1H2,(H,4,5)/t27-,28-,33-;22-,23+,28-;20-,22+,27+;;/m001../s1. The number of fused-ring (bicyclic) bond motifs is 6. The number of benzene rings is 7. The fourth-order valence-corrected chi connectivity index (χ4v) is 20.6. The number of anilines is 3. The summed E-state index contributed by atoms with van der Waals surface area (Å²) < 4.78 is 44.0. The molecule has 9 aliphatic rings. The second-order valence-electron chi connectivity index (χ2n) is 37.3. The van der Waals surface area contributed by atoms with Crippen molar-refractivity contribution in [1.29, 1.82) is 0 Å². The van der Waals surface area contributed by atoms with E-state index in [-0.39, 0.29) is 56.0 Å². The van der Waals surface area contributed by atoms with Crippen LogP contribution < -0.4 is 28.9 Å². The molecule has 19 rings (SSSR count). The predicted molar refractivity (Wildman–Crippen MR) is 552 cm³/mol. The Morgan fingerprint density at radius 1 is 0.464 bits per heavy atom. The summed E-state index contributed by atoms with van der Waals surface area (Å²) in [5.41, 5.74) is 9.05. The third-order valence-corrected chi connectivity index (χ3v) is 27.9. The molecule has 9 aliphatic heterocycles. The number of halogens is 4. The number of ether oxygens (including phenoxy) is 7. The van der Waals surface area contributed by atoms with Crippen LogP contribution in [0.3, 0.4) is 0 Å². The Hall–Kier alpha value is -10.9. The SMILES string of the molecule is C=CC(=O)O.C[Si](C)(C)I.[C-]#[N+]C[C@@H]1CN(c2nc(OC[C@@H]3CCCN3C)nc3c2CO[C@H](c2cccc4cccc(Cl)c24)C3)CCN1C(=O)C=C.[C-]#[N+]C[C@H]1CCCN(c2nc(OC[C@@H]3CCCN3C)nc3c2CO[C@H](c2cccc4cccc(Cl)c24)C3)C1.[C-]#[N+]C[C@H]1CN(c2nc(OC[C@@H]3CCCN3C)nc3c2CO[C@H](c2cccc4cccc(Cl)c24)C3)CCN1C(=O)OCc1ccccc1. The number of aliphatic carboxylic acids is 1. The topological polar surface area (TPSA) is 252 Å². The molecule has 9 atom stereocenters. The fraction of sp³-hybridized carbons (Fsp3) is 0.448. The molecular formula is C105H121Cl3IN17O11Si. The molecule has 0 radical (unpaired) electrons. The van der Waals surface area contributed by atoms with Crippen LogP contribution in [0.2, 0.25) is 34.7 Å². The number of hydrogen-bond acceptors (Lipinski definition) is 22. The van der Waals surface area contributed by atoms with Gasteiger partial charge in [-0.15, -0.1) is 21.8 Å². The van der Waals surface area contributed by atoms with E-state index in [0.717, 1.165) is 195 Å². The number of carboxylic acids is 1. The number of carboxylic acid groups (broad SMARTS) is 1. The van der Waals surface area contributed by atoms with Gasteiger partial charge in [-0.2, -0.15) is 29.9 Å². The Kier molecular flexibility index (Phi) is 35.2. The van der Waals surface area contributed by atoms with E-state index >= 15 is 0 Å². The van der Waals surface area contributed by atoms with E-state index in [1.165, 1.54) is 12.5 Å². The number of carbonyl (C=O) groups is 3.